The van der Waals surface area contributed by atoms with E-state index >= 15 is 0 Å². The molecule has 20 heavy (non-hydrogen) atoms. The molecule has 2 rings (SSSR count). The fraction of sp³-hybridized carbons (Fsp3) is 0.308. The zero-order valence-electron chi connectivity index (χ0n) is 11.2. The summed E-state index contributed by atoms with van der Waals surface area (Å²) in [5.41, 5.74) is 0.228. The van der Waals surface area contributed by atoms with Crippen LogP contribution in [0.25, 0.3) is 0 Å². The molecule has 0 aliphatic carbocycles. The van der Waals surface area contributed by atoms with E-state index in [9.17, 15) is 4.79 Å². The molecule has 1 atom stereocenters. The van der Waals surface area contributed by atoms with Crippen LogP contribution in [0.4, 0.5) is 0 Å². The molecular weight excluding hydrogens is 280 g/mol. The van der Waals surface area contributed by atoms with E-state index in [1.807, 2.05) is 31.1 Å². The molecule has 0 aromatic carbocycles. The van der Waals surface area contributed by atoms with E-state index in [1.165, 1.54) is 12.1 Å². The van der Waals surface area contributed by atoms with Crippen LogP contribution in [0.15, 0.2) is 34.9 Å². The zero-order valence-corrected chi connectivity index (χ0v) is 12.0. The van der Waals surface area contributed by atoms with Crippen LogP contribution in [0.2, 0.25) is 5.15 Å². The van der Waals surface area contributed by atoms with Crippen molar-refractivity contribution < 1.29 is 9.21 Å². The first-order valence-corrected chi connectivity index (χ1v) is 6.43. The van der Waals surface area contributed by atoms with E-state index in [-0.39, 0.29) is 22.8 Å². The molecule has 7 heteroatoms. The molecule has 1 amide bonds. The van der Waals surface area contributed by atoms with Crippen LogP contribution >= 0.6 is 11.6 Å². The van der Waals surface area contributed by atoms with Crippen molar-refractivity contribution in [1.82, 2.24) is 20.4 Å². The van der Waals surface area contributed by atoms with Gasteiger partial charge in [0.15, 0.2) is 10.8 Å². The molecular formula is C13H15ClN4O2. The van der Waals surface area contributed by atoms with Gasteiger partial charge in [-0.3, -0.25) is 9.69 Å². The lowest BCUT2D eigenvalue weighted by Crippen LogP contribution is -2.34. The number of carbonyl (C=O) groups excluding carboxylic acids is 1. The van der Waals surface area contributed by atoms with Gasteiger partial charge in [-0.05, 0) is 38.4 Å². The summed E-state index contributed by atoms with van der Waals surface area (Å²) in [4.78, 5) is 13.9. The van der Waals surface area contributed by atoms with E-state index in [4.69, 9.17) is 16.0 Å². The molecule has 1 unspecified atom stereocenters. The zero-order chi connectivity index (χ0) is 14.5. The lowest BCUT2D eigenvalue weighted by Gasteiger charge is -2.22. The first-order chi connectivity index (χ1) is 9.58. The second-order valence-corrected chi connectivity index (χ2v) is 4.83. The fourth-order valence-electron chi connectivity index (χ4n) is 1.74. The average Bonchev–Trinajstić information content (AvgIpc) is 2.93. The highest BCUT2D eigenvalue weighted by Crippen LogP contribution is 2.17. The van der Waals surface area contributed by atoms with Crippen molar-refractivity contribution in [2.75, 3.05) is 20.6 Å². The number of carbonyl (C=O) groups is 1. The minimum absolute atomic E-state index is 0.0470. The Kier molecular flexibility index (Phi) is 4.70. The van der Waals surface area contributed by atoms with Crippen LogP contribution in [0.5, 0.6) is 0 Å². The van der Waals surface area contributed by atoms with Crippen molar-refractivity contribution in [1.29, 1.82) is 0 Å². The summed E-state index contributed by atoms with van der Waals surface area (Å²) in [6.45, 7) is 0.406. The van der Waals surface area contributed by atoms with Gasteiger partial charge in [-0.15, -0.1) is 10.2 Å². The number of nitrogens with zero attached hydrogens (tertiary/aromatic N) is 3. The second kappa shape index (κ2) is 6.49. The van der Waals surface area contributed by atoms with Gasteiger partial charge in [0.25, 0.3) is 5.91 Å². The summed E-state index contributed by atoms with van der Waals surface area (Å²) < 4.78 is 5.37. The Balaban J connectivity index is 1.99. The topological polar surface area (TPSA) is 71.3 Å². The van der Waals surface area contributed by atoms with Gasteiger partial charge >= 0.3 is 0 Å². The number of hydrogen-bond acceptors (Lipinski definition) is 5. The van der Waals surface area contributed by atoms with Crippen molar-refractivity contribution in [3.8, 4) is 0 Å². The first kappa shape index (κ1) is 14.5. The van der Waals surface area contributed by atoms with Gasteiger partial charge in [0.2, 0.25) is 0 Å². The number of hydrogen-bond donors (Lipinski definition) is 1. The molecule has 106 valence electrons. The Morgan fingerprint density at radius 2 is 2.20 bits per heavy atom. The molecule has 2 heterocycles. The van der Waals surface area contributed by atoms with Crippen molar-refractivity contribution in [3.05, 3.63) is 47.1 Å². The highest BCUT2D eigenvalue weighted by molar-refractivity contribution is 6.29. The van der Waals surface area contributed by atoms with Gasteiger partial charge < -0.3 is 9.73 Å². The minimum Gasteiger partial charge on any atom is -0.468 e. The van der Waals surface area contributed by atoms with Crippen LogP contribution < -0.4 is 5.32 Å². The quantitative estimate of drug-likeness (QED) is 0.910. The summed E-state index contributed by atoms with van der Waals surface area (Å²) in [5.74, 6) is 0.491. The highest BCUT2D eigenvalue weighted by atomic mass is 35.5. The summed E-state index contributed by atoms with van der Waals surface area (Å²) in [7, 11) is 3.84. The van der Waals surface area contributed by atoms with Crippen molar-refractivity contribution >= 4 is 17.5 Å². The predicted octanol–water partition coefficient (Wildman–Crippen LogP) is 1.76. The van der Waals surface area contributed by atoms with Crippen molar-refractivity contribution in [2.45, 2.75) is 6.04 Å². The molecule has 0 spiro atoms. The number of furan rings is 1. The third-order valence-corrected chi connectivity index (χ3v) is 3.02. The molecule has 0 fully saturated rings. The Morgan fingerprint density at radius 1 is 1.40 bits per heavy atom. The molecule has 0 saturated carbocycles. The predicted molar refractivity (Wildman–Crippen MR) is 74.5 cm³/mol. The van der Waals surface area contributed by atoms with E-state index < -0.39 is 0 Å². The number of nitrogens with one attached hydrogen (secondary N) is 1. The minimum atomic E-state index is -0.299. The van der Waals surface area contributed by atoms with Gasteiger partial charge in [0, 0.05) is 6.54 Å². The summed E-state index contributed by atoms with van der Waals surface area (Å²) in [6, 6.07) is 6.70. The highest BCUT2D eigenvalue weighted by Gasteiger charge is 2.18. The number of aromatic nitrogens is 2. The van der Waals surface area contributed by atoms with Gasteiger partial charge in [-0.1, -0.05) is 11.6 Å². The van der Waals surface area contributed by atoms with E-state index in [1.54, 1.807) is 6.26 Å². The standard InChI is InChI=1S/C13H15ClN4O2/c1-18(2)10(11-4-3-7-20-11)8-15-13(19)9-5-6-12(14)17-16-9/h3-7,10H,8H2,1-2H3,(H,15,19). The van der Waals surface area contributed by atoms with Crippen LogP contribution in [0.1, 0.15) is 22.3 Å². The monoisotopic (exact) mass is 294 g/mol. The largest absolute Gasteiger partial charge is 0.468 e. The molecule has 0 radical (unpaired) electrons. The van der Waals surface area contributed by atoms with Crippen LogP contribution in [0, 0.1) is 0 Å². The first-order valence-electron chi connectivity index (χ1n) is 6.05. The molecule has 0 aliphatic rings. The third-order valence-electron chi connectivity index (χ3n) is 2.82. The molecule has 0 saturated heterocycles. The molecule has 2 aromatic heterocycles. The van der Waals surface area contributed by atoms with E-state index in [0.717, 1.165) is 5.76 Å². The summed E-state index contributed by atoms with van der Waals surface area (Å²) in [6.07, 6.45) is 1.61. The average molecular weight is 295 g/mol. The van der Waals surface area contributed by atoms with Gasteiger partial charge in [-0.25, -0.2) is 0 Å². The number of likely N-dealkylation sites (N-methyl/N-ethyl adjacent to an activating group) is 1. The Hall–Kier alpha value is -1.92. The lowest BCUT2D eigenvalue weighted by atomic mass is 10.2. The van der Waals surface area contributed by atoms with Gasteiger partial charge in [0.05, 0.1) is 12.3 Å². The lowest BCUT2D eigenvalue weighted by molar-refractivity contribution is 0.0933. The van der Waals surface area contributed by atoms with Crippen LogP contribution in [-0.2, 0) is 0 Å². The molecule has 1 N–H and O–H groups in total. The van der Waals surface area contributed by atoms with E-state index in [2.05, 4.69) is 15.5 Å². The number of amides is 1. The third kappa shape index (κ3) is 3.55. The smallest absolute Gasteiger partial charge is 0.271 e. The second-order valence-electron chi connectivity index (χ2n) is 4.45. The van der Waals surface area contributed by atoms with Crippen molar-refractivity contribution in [2.24, 2.45) is 0 Å². The van der Waals surface area contributed by atoms with Crippen molar-refractivity contribution in [3.63, 3.8) is 0 Å². The molecule has 2 aromatic rings. The van der Waals surface area contributed by atoms with Crippen LogP contribution in [-0.4, -0.2) is 41.6 Å². The number of halogens is 1. The number of rotatable bonds is 5. The Bertz CT molecular complexity index is 554. The van der Waals surface area contributed by atoms with E-state index in [0.29, 0.717) is 6.54 Å². The normalized spacial score (nSPS) is 12.4. The fourth-order valence-corrected chi connectivity index (χ4v) is 1.84. The Labute approximate surface area is 121 Å². The maximum atomic E-state index is 11.9. The maximum Gasteiger partial charge on any atom is 0.271 e. The van der Waals surface area contributed by atoms with Crippen LogP contribution in [0.3, 0.4) is 0 Å². The van der Waals surface area contributed by atoms with Gasteiger partial charge in [-0.2, -0.15) is 0 Å². The maximum absolute atomic E-state index is 11.9. The molecule has 0 bridgehead atoms. The molecule has 0 aliphatic heterocycles. The summed E-state index contributed by atoms with van der Waals surface area (Å²) in [5, 5.41) is 10.4. The molecule has 6 nitrogen and oxygen atoms in total. The SMILES string of the molecule is CN(C)C(CNC(=O)c1ccc(Cl)nn1)c1ccco1. The van der Waals surface area contributed by atoms with Gasteiger partial charge in [0.1, 0.15) is 5.76 Å². The Morgan fingerprint density at radius 3 is 2.75 bits per heavy atom. The summed E-state index contributed by atoms with van der Waals surface area (Å²) >= 11 is 5.63.